The lowest BCUT2D eigenvalue weighted by atomic mass is 10.3. The van der Waals surface area contributed by atoms with E-state index in [0.29, 0.717) is 5.75 Å². The van der Waals surface area contributed by atoms with E-state index < -0.39 is 8.25 Å². The molecular formula is C8H10O4P+. The number of methoxy groups -OCH3 is 1. The van der Waals surface area contributed by atoms with Gasteiger partial charge in [0.2, 0.25) is 0 Å². The summed E-state index contributed by atoms with van der Waals surface area (Å²) in [7, 11) is 0.837. The summed E-state index contributed by atoms with van der Waals surface area (Å²) in [6.45, 7) is 0. The third kappa shape index (κ3) is 3.01. The highest BCUT2D eigenvalue weighted by molar-refractivity contribution is 7.33. The van der Waals surface area contributed by atoms with Crippen LogP contribution in [0.25, 0.3) is 0 Å². The minimum atomic E-state index is -2.06. The molecule has 0 N–H and O–H groups in total. The predicted octanol–water partition coefficient (Wildman–Crippen LogP) is 2.38. The Labute approximate surface area is 77.4 Å². The molecule has 0 fully saturated rings. The quantitative estimate of drug-likeness (QED) is 0.701. The van der Waals surface area contributed by atoms with Crippen LogP contribution >= 0.6 is 8.25 Å². The zero-order chi connectivity index (χ0) is 9.68. The van der Waals surface area contributed by atoms with E-state index in [9.17, 15) is 4.57 Å². The van der Waals surface area contributed by atoms with Crippen molar-refractivity contribution in [2.45, 2.75) is 0 Å². The van der Waals surface area contributed by atoms with Crippen molar-refractivity contribution >= 4 is 8.25 Å². The molecule has 0 aliphatic carbocycles. The smallest absolute Gasteiger partial charge is 0.497 e. The molecule has 1 aromatic rings. The summed E-state index contributed by atoms with van der Waals surface area (Å²) in [4.78, 5) is 0. The SMILES string of the molecule is COc1ccc(O[P+](=O)OC)cc1. The second kappa shape index (κ2) is 4.80. The molecule has 0 aliphatic rings. The van der Waals surface area contributed by atoms with Crippen LogP contribution in [-0.4, -0.2) is 14.2 Å². The third-order valence-corrected chi connectivity index (χ3v) is 2.05. The molecule has 0 heterocycles. The highest BCUT2D eigenvalue weighted by atomic mass is 31.1. The zero-order valence-corrected chi connectivity index (χ0v) is 8.28. The van der Waals surface area contributed by atoms with Gasteiger partial charge in [-0.15, -0.1) is 4.52 Å². The van der Waals surface area contributed by atoms with Gasteiger partial charge in [0.1, 0.15) is 5.75 Å². The van der Waals surface area contributed by atoms with Crippen LogP contribution in [0.4, 0.5) is 0 Å². The Morgan fingerprint density at radius 2 is 1.62 bits per heavy atom. The highest BCUT2D eigenvalue weighted by Gasteiger charge is 2.18. The molecule has 13 heavy (non-hydrogen) atoms. The van der Waals surface area contributed by atoms with E-state index in [1.807, 2.05) is 0 Å². The normalized spacial score (nSPS) is 10.8. The molecule has 0 aliphatic heterocycles. The van der Waals surface area contributed by atoms with Gasteiger partial charge < -0.3 is 4.74 Å². The molecule has 0 spiro atoms. The first-order chi connectivity index (χ1) is 6.26. The van der Waals surface area contributed by atoms with Crippen LogP contribution in [0.1, 0.15) is 0 Å². The van der Waals surface area contributed by atoms with Crippen molar-refractivity contribution in [3.05, 3.63) is 24.3 Å². The largest absolute Gasteiger partial charge is 0.749 e. The van der Waals surface area contributed by atoms with Gasteiger partial charge >= 0.3 is 8.25 Å². The van der Waals surface area contributed by atoms with Crippen molar-refractivity contribution in [1.29, 1.82) is 0 Å². The van der Waals surface area contributed by atoms with Gasteiger partial charge in [-0.05, 0) is 24.3 Å². The Morgan fingerprint density at radius 1 is 1.08 bits per heavy atom. The Kier molecular flexibility index (Phi) is 3.68. The molecule has 1 atom stereocenters. The van der Waals surface area contributed by atoms with E-state index in [4.69, 9.17) is 9.26 Å². The van der Waals surface area contributed by atoms with Gasteiger partial charge in [0, 0.05) is 4.57 Å². The molecule has 5 heteroatoms. The topological polar surface area (TPSA) is 44.8 Å². The number of hydrogen-bond donors (Lipinski definition) is 0. The van der Waals surface area contributed by atoms with Crippen LogP contribution in [0.5, 0.6) is 11.5 Å². The fourth-order valence-corrected chi connectivity index (χ4v) is 1.13. The first kappa shape index (κ1) is 9.96. The van der Waals surface area contributed by atoms with E-state index in [1.165, 1.54) is 7.11 Å². The molecule has 1 aromatic carbocycles. The summed E-state index contributed by atoms with van der Waals surface area (Å²) in [5.41, 5.74) is 0. The maximum absolute atomic E-state index is 10.8. The summed E-state index contributed by atoms with van der Waals surface area (Å²) >= 11 is 0. The first-order valence-corrected chi connectivity index (χ1v) is 4.69. The summed E-state index contributed by atoms with van der Waals surface area (Å²) in [6.07, 6.45) is 0. The van der Waals surface area contributed by atoms with Gasteiger partial charge in [0.25, 0.3) is 0 Å². The first-order valence-electron chi connectivity index (χ1n) is 3.59. The molecule has 70 valence electrons. The van der Waals surface area contributed by atoms with Crippen LogP contribution in [-0.2, 0) is 9.09 Å². The van der Waals surface area contributed by atoms with Gasteiger partial charge in [-0.25, -0.2) is 4.52 Å². The van der Waals surface area contributed by atoms with Gasteiger partial charge in [-0.2, -0.15) is 0 Å². The van der Waals surface area contributed by atoms with Crippen LogP contribution in [0.3, 0.4) is 0 Å². The van der Waals surface area contributed by atoms with E-state index in [0.717, 1.165) is 5.75 Å². The van der Waals surface area contributed by atoms with Gasteiger partial charge in [-0.1, -0.05) is 0 Å². The lowest BCUT2D eigenvalue weighted by molar-refractivity contribution is 0.348. The third-order valence-electron chi connectivity index (χ3n) is 1.39. The minimum Gasteiger partial charge on any atom is -0.497 e. The fraction of sp³-hybridized carbons (Fsp3) is 0.250. The molecule has 0 radical (unpaired) electrons. The average Bonchev–Trinajstić information content (AvgIpc) is 2.19. The number of ether oxygens (including phenoxy) is 1. The van der Waals surface area contributed by atoms with Crippen LogP contribution in [0.15, 0.2) is 24.3 Å². The van der Waals surface area contributed by atoms with Gasteiger partial charge in [0.15, 0.2) is 5.75 Å². The van der Waals surface area contributed by atoms with Crippen molar-refractivity contribution in [3.63, 3.8) is 0 Å². The molecule has 0 saturated heterocycles. The Hall–Kier alpha value is -1.12. The molecule has 1 rings (SSSR count). The molecular weight excluding hydrogens is 191 g/mol. The lowest BCUT2D eigenvalue weighted by Gasteiger charge is -1.97. The average molecular weight is 201 g/mol. The molecule has 0 aromatic heterocycles. The van der Waals surface area contributed by atoms with Crippen molar-refractivity contribution in [2.24, 2.45) is 0 Å². The minimum absolute atomic E-state index is 0.490. The van der Waals surface area contributed by atoms with Gasteiger partial charge in [-0.3, -0.25) is 0 Å². The van der Waals surface area contributed by atoms with Crippen LogP contribution in [0.2, 0.25) is 0 Å². The molecule has 1 unspecified atom stereocenters. The van der Waals surface area contributed by atoms with E-state index in [1.54, 1.807) is 31.4 Å². The monoisotopic (exact) mass is 201 g/mol. The Balaban J connectivity index is 2.64. The number of benzene rings is 1. The highest BCUT2D eigenvalue weighted by Crippen LogP contribution is 2.27. The predicted molar refractivity (Wildman–Crippen MR) is 48.2 cm³/mol. The zero-order valence-electron chi connectivity index (χ0n) is 7.39. The molecule has 0 saturated carbocycles. The second-order valence-corrected chi connectivity index (χ2v) is 3.17. The van der Waals surface area contributed by atoms with E-state index >= 15 is 0 Å². The lowest BCUT2D eigenvalue weighted by Crippen LogP contribution is -1.84. The fourth-order valence-electron chi connectivity index (χ4n) is 0.760. The molecule has 0 amide bonds. The maximum Gasteiger partial charge on any atom is 0.749 e. The van der Waals surface area contributed by atoms with Crippen molar-refractivity contribution < 1.29 is 18.3 Å². The number of hydrogen-bond acceptors (Lipinski definition) is 4. The van der Waals surface area contributed by atoms with E-state index in [-0.39, 0.29) is 0 Å². The summed E-state index contributed by atoms with van der Waals surface area (Å²) < 4.78 is 25.1. The number of rotatable bonds is 4. The Bertz CT molecular complexity index is 283. The second-order valence-electron chi connectivity index (χ2n) is 2.17. The van der Waals surface area contributed by atoms with Crippen LogP contribution in [0, 0.1) is 0 Å². The summed E-state index contributed by atoms with van der Waals surface area (Å²) in [5, 5.41) is 0. The summed E-state index contributed by atoms with van der Waals surface area (Å²) in [5.74, 6) is 1.21. The molecule has 0 bridgehead atoms. The standard InChI is InChI=1S/C8H10O4P/c1-10-7-3-5-8(6-4-7)12-13(9)11-2/h3-6H,1-2H3/q+1. The van der Waals surface area contributed by atoms with Crippen molar-refractivity contribution in [2.75, 3.05) is 14.2 Å². The van der Waals surface area contributed by atoms with Crippen LogP contribution < -0.4 is 9.26 Å². The van der Waals surface area contributed by atoms with Crippen molar-refractivity contribution in [1.82, 2.24) is 0 Å². The Morgan fingerprint density at radius 3 is 2.08 bits per heavy atom. The summed E-state index contributed by atoms with van der Waals surface area (Å²) in [6, 6.07) is 6.75. The maximum atomic E-state index is 10.8. The van der Waals surface area contributed by atoms with Crippen molar-refractivity contribution in [3.8, 4) is 11.5 Å². The molecule has 4 nitrogen and oxygen atoms in total. The van der Waals surface area contributed by atoms with E-state index in [2.05, 4.69) is 4.52 Å². The van der Waals surface area contributed by atoms with Gasteiger partial charge in [0.05, 0.1) is 14.2 Å².